The van der Waals surface area contributed by atoms with E-state index in [4.69, 9.17) is 4.42 Å². The van der Waals surface area contributed by atoms with Crippen molar-refractivity contribution in [2.24, 2.45) is 0 Å². The summed E-state index contributed by atoms with van der Waals surface area (Å²) in [5, 5.41) is 9.67. The molecule has 0 aliphatic rings. The second-order valence-electron chi connectivity index (χ2n) is 13.7. The lowest BCUT2D eigenvalue weighted by Crippen LogP contribution is -1.99. The predicted octanol–water partition coefficient (Wildman–Crippen LogP) is 12.9. The number of aromatic nitrogens is 3. The van der Waals surface area contributed by atoms with Gasteiger partial charge in [-0.2, -0.15) is 0 Å². The Morgan fingerprint density at radius 2 is 0.712 bits per heavy atom. The van der Waals surface area contributed by atoms with Gasteiger partial charge in [0.05, 0.1) is 38.8 Å². The summed E-state index contributed by atoms with van der Waals surface area (Å²) in [7, 11) is 0. The number of hydrogen-bond acceptors (Lipinski definition) is 1. The first-order chi connectivity index (χ1) is 25.8. The van der Waals surface area contributed by atoms with E-state index in [9.17, 15) is 0 Å². The van der Waals surface area contributed by atoms with Crippen molar-refractivity contribution in [3.8, 4) is 17.1 Å². The molecule has 4 nitrogen and oxygen atoms in total. The van der Waals surface area contributed by atoms with Crippen molar-refractivity contribution in [2.75, 3.05) is 0 Å². The van der Waals surface area contributed by atoms with Crippen LogP contribution in [0.25, 0.3) is 104 Å². The molecule has 12 aromatic rings. The number of rotatable bonds is 3. The maximum atomic E-state index is 6.50. The van der Waals surface area contributed by atoms with Gasteiger partial charge in [0.25, 0.3) is 0 Å². The van der Waals surface area contributed by atoms with Gasteiger partial charge in [-0.15, -0.1) is 0 Å². The zero-order valence-electron chi connectivity index (χ0n) is 28.0. The average molecular weight is 664 g/mol. The molecule has 0 amide bonds. The fourth-order valence-electron chi connectivity index (χ4n) is 8.96. The van der Waals surface area contributed by atoms with Crippen molar-refractivity contribution in [3.05, 3.63) is 176 Å². The normalized spacial score (nSPS) is 12.2. The van der Waals surface area contributed by atoms with E-state index < -0.39 is 0 Å². The molecular weight excluding hydrogens is 635 g/mol. The van der Waals surface area contributed by atoms with E-state index in [2.05, 4.69) is 184 Å². The van der Waals surface area contributed by atoms with Crippen LogP contribution in [0.1, 0.15) is 0 Å². The van der Waals surface area contributed by atoms with Gasteiger partial charge in [0.1, 0.15) is 11.2 Å². The highest BCUT2D eigenvalue weighted by Crippen LogP contribution is 2.50. The van der Waals surface area contributed by atoms with Crippen molar-refractivity contribution < 1.29 is 4.42 Å². The zero-order valence-corrected chi connectivity index (χ0v) is 28.0. The van der Waals surface area contributed by atoms with Gasteiger partial charge in [-0.25, -0.2) is 0 Å². The molecule has 4 heterocycles. The van der Waals surface area contributed by atoms with Crippen LogP contribution in [0.4, 0.5) is 0 Å². The predicted molar refractivity (Wildman–Crippen MR) is 217 cm³/mol. The Balaban J connectivity index is 1.40. The van der Waals surface area contributed by atoms with Crippen LogP contribution < -0.4 is 0 Å². The monoisotopic (exact) mass is 663 g/mol. The minimum atomic E-state index is 0.881. The Morgan fingerprint density at radius 3 is 1.33 bits per heavy atom. The van der Waals surface area contributed by atoms with Crippen LogP contribution in [0.15, 0.2) is 180 Å². The Hall–Kier alpha value is -7.04. The van der Waals surface area contributed by atoms with Crippen molar-refractivity contribution in [1.29, 1.82) is 0 Å². The quantitative estimate of drug-likeness (QED) is 0.185. The second-order valence-corrected chi connectivity index (χ2v) is 13.7. The molecule has 8 aromatic carbocycles. The van der Waals surface area contributed by atoms with E-state index in [-0.39, 0.29) is 0 Å². The van der Waals surface area contributed by atoms with Crippen LogP contribution in [-0.4, -0.2) is 13.7 Å². The molecule has 0 atom stereocenters. The maximum Gasteiger partial charge on any atom is 0.137 e. The molecule has 0 bridgehead atoms. The highest BCUT2D eigenvalue weighted by molar-refractivity contribution is 6.40. The van der Waals surface area contributed by atoms with Crippen LogP contribution >= 0.6 is 0 Å². The first-order valence-corrected chi connectivity index (χ1v) is 17.8. The fraction of sp³-hybridized carbons (Fsp3) is 0. The van der Waals surface area contributed by atoms with E-state index >= 15 is 0 Å². The summed E-state index contributed by atoms with van der Waals surface area (Å²) in [4.78, 5) is 0. The first kappa shape index (κ1) is 27.7. The van der Waals surface area contributed by atoms with Gasteiger partial charge >= 0.3 is 0 Å². The standard InChI is InChI=1S/C48H29N3O/c1-3-15-30(16-4-1)49-38-23-11-7-20-35(38)43-44-36-21-8-12-24-39(36)51(32-27-28-34-33-19-10-14-26-41(33)52-42(34)29-32)47(44)48-45(46(43)49)37-22-9-13-25-40(37)50(48)31-17-5-2-6-18-31/h1-29H. The lowest BCUT2D eigenvalue weighted by atomic mass is 10.0. The summed E-state index contributed by atoms with van der Waals surface area (Å²) < 4.78 is 13.9. The second kappa shape index (κ2) is 10.3. The van der Waals surface area contributed by atoms with Crippen molar-refractivity contribution in [1.82, 2.24) is 13.7 Å². The van der Waals surface area contributed by atoms with E-state index in [0.717, 1.165) is 44.5 Å². The molecule has 0 fully saturated rings. The SMILES string of the molecule is c1ccc(-n2c3ccccc3c3c4c5ccccc5n(-c5ccc6c(c5)oc5ccccc56)c4c4c(c5ccccc5n4-c4ccccc4)c32)cc1. The number of nitrogens with zero attached hydrogens (tertiary/aromatic N) is 3. The summed E-state index contributed by atoms with van der Waals surface area (Å²) in [6, 6.07) is 63.3. The molecule has 4 aromatic heterocycles. The van der Waals surface area contributed by atoms with Crippen LogP contribution in [-0.2, 0) is 0 Å². The third kappa shape index (κ3) is 3.55. The van der Waals surface area contributed by atoms with E-state index in [1.807, 2.05) is 6.07 Å². The Labute approximate surface area is 297 Å². The Morgan fingerprint density at radius 1 is 0.288 bits per heavy atom. The highest BCUT2D eigenvalue weighted by Gasteiger charge is 2.28. The molecule has 0 saturated heterocycles. The molecule has 12 rings (SSSR count). The van der Waals surface area contributed by atoms with Gasteiger partial charge in [0.15, 0.2) is 0 Å². The summed E-state index contributed by atoms with van der Waals surface area (Å²) in [5.74, 6) is 0. The van der Waals surface area contributed by atoms with Crippen LogP contribution in [0, 0.1) is 0 Å². The fourth-order valence-corrected chi connectivity index (χ4v) is 8.96. The largest absolute Gasteiger partial charge is 0.456 e. The van der Waals surface area contributed by atoms with E-state index in [0.29, 0.717) is 0 Å². The summed E-state index contributed by atoms with van der Waals surface area (Å²) in [5.41, 5.74) is 12.2. The van der Waals surface area contributed by atoms with E-state index in [1.54, 1.807) is 0 Å². The lowest BCUT2D eigenvalue weighted by Gasteiger charge is -2.14. The van der Waals surface area contributed by atoms with Gasteiger partial charge in [-0.05, 0) is 60.7 Å². The molecule has 0 radical (unpaired) electrons. The smallest absolute Gasteiger partial charge is 0.137 e. The first-order valence-electron chi connectivity index (χ1n) is 17.8. The molecule has 52 heavy (non-hydrogen) atoms. The molecule has 0 N–H and O–H groups in total. The lowest BCUT2D eigenvalue weighted by molar-refractivity contribution is 0.668. The molecule has 0 aliphatic heterocycles. The number of benzene rings is 8. The molecule has 0 saturated carbocycles. The number of hydrogen-bond donors (Lipinski definition) is 0. The molecular formula is C48H29N3O. The van der Waals surface area contributed by atoms with Crippen LogP contribution in [0.5, 0.6) is 0 Å². The van der Waals surface area contributed by atoms with E-state index in [1.165, 1.54) is 59.9 Å². The molecule has 0 unspecified atom stereocenters. The third-order valence-electron chi connectivity index (χ3n) is 11.0. The molecule has 0 spiro atoms. The van der Waals surface area contributed by atoms with Gasteiger partial charge in [0.2, 0.25) is 0 Å². The van der Waals surface area contributed by atoms with Crippen molar-refractivity contribution in [3.63, 3.8) is 0 Å². The Bertz CT molecular complexity index is 3390. The zero-order chi connectivity index (χ0) is 33.9. The summed E-state index contributed by atoms with van der Waals surface area (Å²) >= 11 is 0. The average Bonchev–Trinajstić information content (AvgIpc) is 3.94. The van der Waals surface area contributed by atoms with Gasteiger partial charge in [0, 0.05) is 60.5 Å². The van der Waals surface area contributed by atoms with Crippen molar-refractivity contribution in [2.45, 2.75) is 0 Å². The highest BCUT2D eigenvalue weighted by atomic mass is 16.3. The number of fused-ring (bicyclic) bond motifs is 15. The third-order valence-corrected chi connectivity index (χ3v) is 11.0. The molecule has 242 valence electrons. The molecule has 0 aliphatic carbocycles. The van der Waals surface area contributed by atoms with Crippen LogP contribution in [0.2, 0.25) is 0 Å². The van der Waals surface area contributed by atoms with Crippen LogP contribution in [0.3, 0.4) is 0 Å². The van der Waals surface area contributed by atoms with Gasteiger partial charge in [-0.1, -0.05) is 109 Å². The topological polar surface area (TPSA) is 27.9 Å². The van der Waals surface area contributed by atoms with Gasteiger partial charge in [-0.3, -0.25) is 0 Å². The van der Waals surface area contributed by atoms with Gasteiger partial charge < -0.3 is 18.1 Å². The minimum absolute atomic E-state index is 0.881. The summed E-state index contributed by atoms with van der Waals surface area (Å²) in [6.45, 7) is 0. The summed E-state index contributed by atoms with van der Waals surface area (Å²) in [6.07, 6.45) is 0. The molecule has 4 heteroatoms. The Kier molecular flexibility index (Phi) is 5.47. The van der Waals surface area contributed by atoms with Crippen molar-refractivity contribution >= 4 is 87.4 Å². The maximum absolute atomic E-state index is 6.50. The minimum Gasteiger partial charge on any atom is -0.456 e. The number of para-hydroxylation sites is 6. The number of furan rings is 1.